The van der Waals surface area contributed by atoms with Crippen LogP contribution in [0.1, 0.15) is 57.3 Å². The molecule has 0 unspecified atom stereocenters. The highest BCUT2D eigenvalue weighted by Crippen LogP contribution is 2.52. The summed E-state index contributed by atoms with van der Waals surface area (Å²) >= 11 is 1.40. The van der Waals surface area contributed by atoms with Gasteiger partial charge in [0, 0.05) is 25.1 Å². The van der Waals surface area contributed by atoms with Crippen molar-refractivity contribution in [1.82, 2.24) is 9.88 Å². The Labute approximate surface area is 157 Å². The summed E-state index contributed by atoms with van der Waals surface area (Å²) in [7, 11) is 0. The van der Waals surface area contributed by atoms with Gasteiger partial charge < -0.3 is 10.2 Å². The Bertz CT molecular complexity index is 904. The van der Waals surface area contributed by atoms with Gasteiger partial charge in [0.2, 0.25) is 5.91 Å². The van der Waals surface area contributed by atoms with Crippen molar-refractivity contribution in [3.05, 3.63) is 23.8 Å². The monoisotopic (exact) mass is 371 g/mol. The smallest absolute Gasteiger partial charge is 0.254 e. The van der Waals surface area contributed by atoms with Gasteiger partial charge in [0.25, 0.3) is 5.91 Å². The van der Waals surface area contributed by atoms with Crippen molar-refractivity contribution >= 4 is 38.5 Å². The zero-order valence-corrected chi connectivity index (χ0v) is 16.6. The van der Waals surface area contributed by atoms with E-state index in [0.717, 1.165) is 29.6 Å². The van der Waals surface area contributed by atoms with Crippen LogP contribution in [-0.2, 0) is 4.79 Å². The van der Waals surface area contributed by atoms with E-state index in [-0.39, 0.29) is 17.2 Å². The zero-order chi connectivity index (χ0) is 18.7. The number of likely N-dealkylation sites (tertiary alicyclic amines) is 1. The minimum atomic E-state index is -0.138. The lowest BCUT2D eigenvalue weighted by molar-refractivity contribution is -0.114. The molecule has 1 aliphatic carbocycles. The molecule has 2 heterocycles. The third kappa shape index (κ3) is 3.11. The van der Waals surface area contributed by atoms with E-state index in [1.54, 1.807) is 0 Å². The van der Waals surface area contributed by atoms with E-state index < -0.39 is 0 Å². The number of nitrogens with zero attached hydrogens (tertiary/aromatic N) is 2. The summed E-state index contributed by atoms with van der Waals surface area (Å²) in [5.74, 6) is -0.0200. The van der Waals surface area contributed by atoms with Gasteiger partial charge in [-0.1, -0.05) is 32.1 Å². The highest BCUT2D eigenvalue weighted by Gasteiger charge is 2.51. The fourth-order valence-corrected chi connectivity index (χ4v) is 6.08. The summed E-state index contributed by atoms with van der Waals surface area (Å²) in [6, 6.07) is 5.98. The molecule has 1 saturated carbocycles. The molecule has 1 aromatic carbocycles. The standard InChI is InChI=1S/C20H25N3O2S/c1-12(24)21-18-22-15-6-5-13(7-16(15)26-18)17(25)23-11-20(4)9-14(23)8-19(2,3)10-20/h5-7,14H,8-11H2,1-4H3,(H,21,22,24)/t14-,20+/m0/s1. The second kappa shape index (κ2) is 5.78. The minimum absolute atomic E-state index is 0.118. The molecule has 26 heavy (non-hydrogen) atoms. The van der Waals surface area contributed by atoms with Gasteiger partial charge in [0.1, 0.15) is 0 Å². The molecule has 0 radical (unpaired) electrons. The van der Waals surface area contributed by atoms with Crippen molar-refractivity contribution in [1.29, 1.82) is 0 Å². The van der Waals surface area contributed by atoms with E-state index in [2.05, 4.69) is 36.0 Å². The molecule has 138 valence electrons. The second-order valence-corrected chi connectivity index (χ2v) is 10.1. The number of aromatic nitrogens is 1. The molecule has 2 fully saturated rings. The molecule has 1 aliphatic heterocycles. The van der Waals surface area contributed by atoms with Crippen LogP contribution in [0.3, 0.4) is 0 Å². The van der Waals surface area contributed by atoms with Crippen LogP contribution >= 0.6 is 11.3 Å². The Morgan fingerprint density at radius 2 is 2.04 bits per heavy atom. The Morgan fingerprint density at radius 3 is 2.77 bits per heavy atom. The van der Waals surface area contributed by atoms with E-state index in [4.69, 9.17) is 0 Å². The number of hydrogen-bond acceptors (Lipinski definition) is 4. The molecule has 5 nitrogen and oxygen atoms in total. The van der Waals surface area contributed by atoms with Crippen LogP contribution in [0.5, 0.6) is 0 Å². The Balaban J connectivity index is 1.61. The molecular formula is C20H25N3O2S. The van der Waals surface area contributed by atoms with Gasteiger partial charge in [-0.25, -0.2) is 4.98 Å². The zero-order valence-electron chi connectivity index (χ0n) is 15.8. The van der Waals surface area contributed by atoms with Crippen LogP contribution in [0.25, 0.3) is 10.2 Å². The van der Waals surface area contributed by atoms with Crippen molar-refractivity contribution in [2.75, 3.05) is 11.9 Å². The molecule has 2 bridgehead atoms. The number of hydrogen-bond donors (Lipinski definition) is 1. The fourth-order valence-electron chi connectivity index (χ4n) is 5.12. The Hall–Kier alpha value is -1.95. The molecule has 2 atom stereocenters. The summed E-state index contributed by atoms with van der Waals surface area (Å²) in [5, 5.41) is 3.29. The maximum Gasteiger partial charge on any atom is 0.254 e. The Kier molecular flexibility index (Phi) is 3.88. The van der Waals surface area contributed by atoms with Crippen molar-refractivity contribution in [3.8, 4) is 0 Å². The van der Waals surface area contributed by atoms with Gasteiger partial charge >= 0.3 is 0 Å². The van der Waals surface area contributed by atoms with Crippen LogP contribution < -0.4 is 5.32 Å². The van der Waals surface area contributed by atoms with E-state index in [1.807, 2.05) is 18.2 Å². The summed E-state index contributed by atoms with van der Waals surface area (Å²) in [6.45, 7) is 9.27. The molecule has 2 amide bonds. The maximum absolute atomic E-state index is 13.2. The summed E-state index contributed by atoms with van der Waals surface area (Å²) in [4.78, 5) is 30.9. The van der Waals surface area contributed by atoms with E-state index >= 15 is 0 Å². The highest BCUT2D eigenvalue weighted by atomic mass is 32.1. The largest absolute Gasteiger partial charge is 0.335 e. The van der Waals surface area contributed by atoms with Gasteiger partial charge in [-0.05, 0) is 48.3 Å². The predicted octanol–water partition coefficient (Wildman–Crippen LogP) is 4.30. The van der Waals surface area contributed by atoms with E-state index in [9.17, 15) is 9.59 Å². The second-order valence-electron chi connectivity index (χ2n) is 9.03. The summed E-state index contributed by atoms with van der Waals surface area (Å²) in [5.41, 5.74) is 2.05. The topological polar surface area (TPSA) is 62.3 Å². The van der Waals surface area contributed by atoms with Crippen LogP contribution in [0.2, 0.25) is 0 Å². The number of carbonyl (C=O) groups is 2. The molecule has 0 spiro atoms. The van der Waals surface area contributed by atoms with Gasteiger partial charge in [0.15, 0.2) is 5.13 Å². The normalized spacial score (nSPS) is 26.9. The van der Waals surface area contributed by atoms with Crippen LogP contribution in [0.4, 0.5) is 5.13 Å². The van der Waals surface area contributed by atoms with Crippen LogP contribution in [0.15, 0.2) is 18.2 Å². The SMILES string of the molecule is CC(=O)Nc1nc2ccc(C(=O)N3C[C@]4(C)C[C@@H]3CC(C)(C)C4)cc2s1. The number of carbonyl (C=O) groups excluding carboxylic acids is 2. The van der Waals surface area contributed by atoms with Gasteiger partial charge in [-0.15, -0.1) is 0 Å². The number of anilines is 1. The van der Waals surface area contributed by atoms with Crippen LogP contribution in [0, 0.1) is 10.8 Å². The molecule has 1 saturated heterocycles. The maximum atomic E-state index is 13.2. The number of benzene rings is 1. The van der Waals surface area contributed by atoms with Crippen LogP contribution in [-0.4, -0.2) is 34.3 Å². The first kappa shape index (κ1) is 17.5. The lowest BCUT2D eigenvalue weighted by atomic mass is 9.65. The first-order valence-corrected chi connectivity index (χ1v) is 9.95. The van der Waals surface area contributed by atoms with Crippen molar-refractivity contribution in [3.63, 3.8) is 0 Å². The fraction of sp³-hybridized carbons (Fsp3) is 0.550. The Morgan fingerprint density at radius 1 is 1.27 bits per heavy atom. The quantitative estimate of drug-likeness (QED) is 0.856. The number of nitrogens with one attached hydrogen (secondary N) is 1. The minimum Gasteiger partial charge on any atom is -0.335 e. The molecule has 2 aliphatic rings. The lowest BCUT2D eigenvalue weighted by Gasteiger charge is -2.39. The summed E-state index contributed by atoms with van der Waals surface area (Å²) in [6.07, 6.45) is 3.36. The summed E-state index contributed by atoms with van der Waals surface area (Å²) < 4.78 is 0.924. The predicted molar refractivity (Wildman–Crippen MR) is 104 cm³/mol. The number of amides is 2. The van der Waals surface area contributed by atoms with E-state index in [0.29, 0.717) is 22.2 Å². The number of rotatable bonds is 2. The lowest BCUT2D eigenvalue weighted by Crippen LogP contribution is -2.37. The van der Waals surface area contributed by atoms with Crippen molar-refractivity contribution in [2.24, 2.45) is 10.8 Å². The van der Waals surface area contributed by atoms with Crippen molar-refractivity contribution < 1.29 is 9.59 Å². The van der Waals surface area contributed by atoms with Gasteiger partial charge in [-0.2, -0.15) is 0 Å². The first-order chi connectivity index (χ1) is 12.1. The first-order valence-electron chi connectivity index (χ1n) is 9.13. The van der Waals surface area contributed by atoms with Gasteiger partial charge in [-0.3, -0.25) is 9.59 Å². The number of thiazole rings is 1. The third-order valence-corrected chi connectivity index (χ3v) is 6.53. The molecule has 2 aromatic rings. The average molecular weight is 372 g/mol. The molecule has 1 aromatic heterocycles. The van der Waals surface area contributed by atoms with Crippen molar-refractivity contribution in [2.45, 2.75) is 53.0 Å². The number of fused-ring (bicyclic) bond motifs is 3. The van der Waals surface area contributed by atoms with Gasteiger partial charge in [0.05, 0.1) is 10.2 Å². The average Bonchev–Trinajstić information content (AvgIpc) is 3.01. The van der Waals surface area contributed by atoms with E-state index in [1.165, 1.54) is 24.7 Å². The molecular weight excluding hydrogens is 346 g/mol. The molecule has 6 heteroatoms. The molecule has 1 N–H and O–H groups in total. The highest BCUT2D eigenvalue weighted by molar-refractivity contribution is 7.22. The third-order valence-electron chi connectivity index (χ3n) is 5.59. The molecule has 4 rings (SSSR count).